The zero-order valence-electron chi connectivity index (χ0n) is 11.6. The van der Waals surface area contributed by atoms with E-state index < -0.39 is 6.10 Å². The highest BCUT2D eigenvalue weighted by Crippen LogP contribution is 2.26. The predicted octanol–water partition coefficient (Wildman–Crippen LogP) is 3.33. The summed E-state index contributed by atoms with van der Waals surface area (Å²) in [6.07, 6.45) is 3.07. The molecule has 2 rings (SSSR count). The summed E-state index contributed by atoms with van der Waals surface area (Å²) in [5, 5.41) is 9.78. The molecule has 0 aliphatic carbocycles. The van der Waals surface area contributed by atoms with Crippen LogP contribution in [0.3, 0.4) is 0 Å². The predicted molar refractivity (Wildman–Crippen MR) is 75.1 cm³/mol. The minimum absolute atomic E-state index is 0.456. The monoisotopic (exact) mass is 257 g/mol. The molecule has 100 valence electrons. The minimum Gasteiger partial charge on any atom is -0.488 e. The van der Waals surface area contributed by atoms with Gasteiger partial charge < -0.3 is 9.84 Å². The zero-order valence-corrected chi connectivity index (χ0v) is 11.6. The Morgan fingerprint density at radius 2 is 1.95 bits per heavy atom. The Kier molecular flexibility index (Phi) is 4.17. The van der Waals surface area contributed by atoms with Gasteiger partial charge in [-0.15, -0.1) is 0 Å². The average molecular weight is 257 g/mol. The van der Waals surface area contributed by atoms with Crippen molar-refractivity contribution in [3.05, 3.63) is 58.9 Å². The number of benzene rings is 1. The number of hydrogen-bond donors (Lipinski definition) is 1. The molecule has 3 heteroatoms. The summed E-state index contributed by atoms with van der Waals surface area (Å²) in [4.78, 5) is 4.14. The SMILES string of the molecule is Cc1cncc(COc2ccc(C)cc2[C@@H](C)O)c1. The highest BCUT2D eigenvalue weighted by Gasteiger charge is 2.09. The Hall–Kier alpha value is -1.87. The number of nitrogens with zero attached hydrogens (tertiary/aromatic N) is 1. The van der Waals surface area contributed by atoms with E-state index in [1.165, 1.54) is 0 Å². The van der Waals surface area contributed by atoms with E-state index in [1.54, 1.807) is 13.1 Å². The molecule has 1 aromatic heterocycles. The van der Waals surface area contributed by atoms with Crippen LogP contribution in [0.1, 0.15) is 35.3 Å². The molecule has 0 bridgehead atoms. The molecule has 1 aromatic carbocycles. The number of aromatic nitrogens is 1. The van der Waals surface area contributed by atoms with Crippen LogP contribution in [-0.2, 0) is 6.61 Å². The first-order chi connectivity index (χ1) is 9.06. The Bertz CT molecular complexity index is 564. The van der Waals surface area contributed by atoms with Gasteiger partial charge in [-0.2, -0.15) is 0 Å². The molecule has 0 aliphatic rings. The van der Waals surface area contributed by atoms with Crippen molar-refractivity contribution < 1.29 is 9.84 Å². The lowest BCUT2D eigenvalue weighted by molar-refractivity contribution is 0.190. The summed E-state index contributed by atoms with van der Waals surface area (Å²) in [5.74, 6) is 0.724. The lowest BCUT2D eigenvalue weighted by Gasteiger charge is -2.14. The van der Waals surface area contributed by atoms with Gasteiger partial charge in [-0.25, -0.2) is 0 Å². The number of ether oxygens (including phenoxy) is 1. The van der Waals surface area contributed by atoms with Crippen molar-refractivity contribution in [2.45, 2.75) is 33.5 Å². The molecule has 1 N–H and O–H groups in total. The van der Waals surface area contributed by atoms with Crippen LogP contribution in [0.15, 0.2) is 36.7 Å². The second-order valence-electron chi connectivity index (χ2n) is 4.88. The standard InChI is InChI=1S/C16H19NO2/c1-11-4-5-16(15(7-11)13(3)18)19-10-14-6-12(2)8-17-9-14/h4-9,13,18H,10H2,1-3H3/t13-/m1/s1. The van der Waals surface area contributed by atoms with Crippen molar-refractivity contribution in [1.82, 2.24) is 4.98 Å². The van der Waals surface area contributed by atoms with Crippen LogP contribution in [0.25, 0.3) is 0 Å². The van der Waals surface area contributed by atoms with Crippen LogP contribution in [0.5, 0.6) is 5.75 Å². The minimum atomic E-state index is -0.537. The molecule has 0 saturated heterocycles. The first kappa shape index (κ1) is 13.6. The third-order valence-corrected chi connectivity index (χ3v) is 2.94. The van der Waals surface area contributed by atoms with Crippen LogP contribution in [0.4, 0.5) is 0 Å². The van der Waals surface area contributed by atoms with E-state index in [1.807, 2.05) is 44.3 Å². The van der Waals surface area contributed by atoms with Crippen molar-refractivity contribution >= 4 is 0 Å². The maximum Gasteiger partial charge on any atom is 0.125 e. The second-order valence-corrected chi connectivity index (χ2v) is 4.88. The van der Waals surface area contributed by atoms with Gasteiger partial charge in [-0.1, -0.05) is 11.6 Å². The molecule has 1 atom stereocenters. The Morgan fingerprint density at radius 3 is 2.63 bits per heavy atom. The third-order valence-electron chi connectivity index (χ3n) is 2.94. The third kappa shape index (κ3) is 3.55. The van der Waals surface area contributed by atoms with E-state index in [9.17, 15) is 5.11 Å². The maximum atomic E-state index is 9.78. The molecule has 3 nitrogen and oxygen atoms in total. The number of aliphatic hydroxyl groups excluding tert-OH is 1. The number of hydrogen-bond acceptors (Lipinski definition) is 3. The number of pyridine rings is 1. The van der Waals surface area contributed by atoms with Gasteiger partial charge >= 0.3 is 0 Å². The van der Waals surface area contributed by atoms with Crippen molar-refractivity contribution in [1.29, 1.82) is 0 Å². The van der Waals surface area contributed by atoms with Crippen molar-refractivity contribution in [3.63, 3.8) is 0 Å². The summed E-state index contributed by atoms with van der Waals surface area (Å²) in [7, 11) is 0. The van der Waals surface area contributed by atoms with Gasteiger partial charge in [0.2, 0.25) is 0 Å². The van der Waals surface area contributed by atoms with Crippen molar-refractivity contribution in [2.75, 3.05) is 0 Å². The Balaban J connectivity index is 2.15. The normalized spacial score (nSPS) is 12.2. The summed E-state index contributed by atoms with van der Waals surface area (Å²) >= 11 is 0. The molecular formula is C16H19NO2. The molecule has 0 unspecified atom stereocenters. The fraction of sp³-hybridized carbons (Fsp3) is 0.312. The van der Waals surface area contributed by atoms with Crippen molar-refractivity contribution in [3.8, 4) is 5.75 Å². The molecular weight excluding hydrogens is 238 g/mol. The number of rotatable bonds is 4. The highest BCUT2D eigenvalue weighted by atomic mass is 16.5. The molecule has 0 saturated carbocycles. The Labute approximate surface area is 113 Å². The van der Waals surface area contributed by atoms with Gasteiger partial charge in [-0.05, 0) is 44.5 Å². The topological polar surface area (TPSA) is 42.4 Å². The first-order valence-corrected chi connectivity index (χ1v) is 6.38. The lowest BCUT2D eigenvalue weighted by Crippen LogP contribution is -2.02. The maximum absolute atomic E-state index is 9.78. The summed E-state index contributed by atoms with van der Waals surface area (Å²) in [5.41, 5.74) is 4.07. The van der Waals surface area contributed by atoms with E-state index in [0.717, 1.165) is 28.0 Å². The van der Waals surface area contributed by atoms with Gasteiger partial charge in [0.15, 0.2) is 0 Å². The molecule has 19 heavy (non-hydrogen) atoms. The molecule has 0 fully saturated rings. The largest absolute Gasteiger partial charge is 0.488 e. The smallest absolute Gasteiger partial charge is 0.125 e. The van der Waals surface area contributed by atoms with Gasteiger partial charge in [0.05, 0.1) is 6.10 Å². The fourth-order valence-electron chi connectivity index (χ4n) is 1.98. The highest BCUT2D eigenvalue weighted by molar-refractivity contribution is 5.38. The second kappa shape index (κ2) is 5.85. The molecule has 2 aromatic rings. The van der Waals surface area contributed by atoms with E-state index in [0.29, 0.717) is 6.61 Å². The summed E-state index contributed by atoms with van der Waals surface area (Å²) in [6, 6.07) is 7.88. The Morgan fingerprint density at radius 1 is 1.16 bits per heavy atom. The number of aryl methyl sites for hydroxylation is 2. The van der Waals surface area contributed by atoms with Crippen LogP contribution in [0.2, 0.25) is 0 Å². The molecule has 0 aliphatic heterocycles. The fourth-order valence-corrected chi connectivity index (χ4v) is 1.98. The van der Waals surface area contributed by atoms with E-state index >= 15 is 0 Å². The van der Waals surface area contributed by atoms with Gasteiger partial charge in [-0.3, -0.25) is 4.98 Å². The van der Waals surface area contributed by atoms with Crippen molar-refractivity contribution in [2.24, 2.45) is 0 Å². The molecule has 1 heterocycles. The lowest BCUT2D eigenvalue weighted by atomic mass is 10.1. The number of aliphatic hydroxyl groups is 1. The van der Waals surface area contributed by atoms with E-state index in [2.05, 4.69) is 4.98 Å². The van der Waals surface area contributed by atoms with E-state index in [4.69, 9.17) is 4.74 Å². The quantitative estimate of drug-likeness (QED) is 0.913. The van der Waals surface area contributed by atoms with Gasteiger partial charge in [0, 0.05) is 23.5 Å². The van der Waals surface area contributed by atoms with Gasteiger partial charge in [0.25, 0.3) is 0 Å². The van der Waals surface area contributed by atoms with E-state index in [-0.39, 0.29) is 0 Å². The summed E-state index contributed by atoms with van der Waals surface area (Å²) in [6.45, 7) is 6.21. The van der Waals surface area contributed by atoms with Gasteiger partial charge in [0.1, 0.15) is 12.4 Å². The molecule has 0 spiro atoms. The van der Waals surface area contributed by atoms with Crippen LogP contribution in [0, 0.1) is 13.8 Å². The summed E-state index contributed by atoms with van der Waals surface area (Å²) < 4.78 is 5.79. The zero-order chi connectivity index (χ0) is 13.8. The molecule has 0 radical (unpaired) electrons. The van der Waals surface area contributed by atoms with Crippen LogP contribution < -0.4 is 4.74 Å². The van der Waals surface area contributed by atoms with Crippen LogP contribution >= 0.6 is 0 Å². The first-order valence-electron chi connectivity index (χ1n) is 6.38. The van der Waals surface area contributed by atoms with Crippen LogP contribution in [-0.4, -0.2) is 10.1 Å². The average Bonchev–Trinajstić information content (AvgIpc) is 2.37. The molecule has 0 amide bonds.